The molecule has 1 fully saturated rings. The average molecular weight is 532 g/mol. The Morgan fingerprint density at radius 1 is 1.08 bits per heavy atom. The maximum atomic E-state index is 12.5. The topological polar surface area (TPSA) is 169 Å². The van der Waals surface area contributed by atoms with Crippen LogP contribution in [0.15, 0.2) is 60.7 Å². The predicted octanol–water partition coefficient (Wildman–Crippen LogP) is 3.78. The number of nitrogens with one attached hydrogen (secondary N) is 2. The summed E-state index contributed by atoms with van der Waals surface area (Å²) in [7, 11) is -3.67. The van der Waals surface area contributed by atoms with Crippen molar-refractivity contribution < 1.29 is 32.0 Å². The highest BCUT2D eigenvalue weighted by Crippen LogP contribution is 2.30. The van der Waals surface area contributed by atoms with E-state index in [-0.39, 0.29) is 24.3 Å². The number of carbonyl (C=O) groups is 2. The van der Waals surface area contributed by atoms with Gasteiger partial charge in [-0.05, 0) is 60.9 Å². The molecule has 1 amide bonds. The second-order valence-electron chi connectivity index (χ2n) is 8.67. The molecular formula is C26H33N3O7S. The maximum absolute atomic E-state index is 12.5. The quantitative estimate of drug-likeness (QED) is 0.131. The maximum Gasteiger partial charge on any atom is 0.407 e. The van der Waals surface area contributed by atoms with Gasteiger partial charge < -0.3 is 20.5 Å². The summed E-state index contributed by atoms with van der Waals surface area (Å²) in [5, 5.41) is 10.0. The van der Waals surface area contributed by atoms with Gasteiger partial charge in [-0.25, -0.2) is 4.79 Å². The molecule has 1 aliphatic carbocycles. The zero-order chi connectivity index (χ0) is 27.3. The van der Waals surface area contributed by atoms with Crippen molar-refractivity contribution in [2.24, 2.45) is 17.6 Å². The lowest BCUT2D eigenvalue weighted by molar-refractivity contribution is -0.140. The molecule has 37 heavy (non-hydrogen) atoms. The third-order valence-corrected chi connectivity index (χ3v) is 5.48. The molecule has 3 rings (SSSR count). The van der Waals surface area contributed by atoms with E-state index >= 15 is 0 Å². The van der Waals surface area contributed by atoms with Crippen molar-refractivity contribution in [2.45, 2.75) is 32.3 Å². The standard InChI is InChI=1S/C25H29N3O4.CH4O3S/c26-23(27)15-10-18-8-13-22(14-9-18)32-24(29)21-11-6-19(7-12-21)16-28-25(30)31-17-20-4-2-1-3-5-20;1-5(2,3)4/h1-5,8-10,13-15,19,21H,6-7,11-12,16-17H2,(H3,26,27)(H,28,30);1H3,(H,2,3,4). The number of amidine groups is 1. The first-order valence-electron chi connectivity index (χ1n) is 11.7. The van der Waals surface area contributed by atoms with Crippen LogP contribution < -0.4 is 15.8 Å². The van der Waals surface area contributed by atoms with Crippen LogP contribution in [0, 0.1) is 17.2 Å². The van der Waals surface area contributed by atoms with Crippen LogP contribution in [0.25, 0.3) is 6.08 Å². The van der Waals surface area contributed by atoms with Crippen molar-refractivity contribution in [3.05, 3.63) is 71.8 Å². The lowest BCUT2D eigenvalue weighted by Crippen LogP contribution is -2.33. The summed E-state index contributed by atoms with van der Waals surface area (Å²) in [4.78, 5) is 24.4. The molecule has 1 aliphatic rings. The normalized spacial score (nSPS) is 17.2. The number of esters is 1. The fourth-order valence-electron chi connectivity index (χ4n) is 3.64. The fourth-order valence-corrected chi connectivity index (χ4v) is 3.64. The van der Waals surface area contributed by atoms with E-state index in [1.165, 1.54) is 6.08 Å². The average Bonchev–Trinajstić information content (AvgIpc) is 2.85. The first-order valence-corrected chi connectivity index (χ1v) is 13.6. The SMILES string of the molecule is CS(=O)(=O)O.N=C(N)C=Cc1ccc(OC(=O)C2CCC(CNC(=O)OCc3ccccc3)CC2)cc1. The largest absolute Gasteiger partial charge is 0.445 e. The van der Waals surface area contributed by atoms with Gasteiger partial charge in [0, 0.05) is 6.54 Å². The van der Waals surface area contributed by atoms with Gasteiger partial charge in [0.2, 0.25) is 0 Å². The molecule has 2 aromatic carbocycles. The van der Waals surface area contributed by atoms with Crippen LogP contribution in [-0.4, -0.2) is 43.7 Å². The summed E-state index contributed by atoms with van der Waals surface area (Å²) in [5.74, 6) is 0.463. The van der Waals surface area contributed by atoms with Crippen LogP contribution in [-0.2, 0) is 26.3 Å². The number of ether oxygens (including phenoxy) is 2. The third-order valence-electron chi connectivity index (χ3n) is 5.48. The van der Waals surface area contributed by atoms with Gasteiger partial charge in [0.25, 0.3) is 10.1 Å². The van der Waals surface area contributed by atoms with Crippen molar-refractivity contribution >= 4 is 34.1 Å². The Labute approximate surface area is 217 Å². The molecule has 11 heteroatoms. The number of hydrogen-bond donors (Lipinski definition) is 4. The number of hydrogen-bond acceptors (Lipinski definition) is 7. The minimum absolute atomic E-state index is 0.0182. The van der Waals surface area contributed by atoms with Crippen LogP contribution in [0.5, 0.6) is 5.75 Å². The first-order chi connectivity index (χ1) is 17.5. The molecule has 0 radical (unpaired) electrons. The fraction of sp³-hybridized carbons (Fsp3) is 0.346. The summed E-state index contributed by atoms with van der Waals surface area (Å²) in [6.07, 6.45) is 6.70. The molecule has 1 saturated carbocycles. The van der Waals surface area contributed by atoms with Gasteiger partial charge in [0.1, 0.15) is 18.2 Å². The van der Waals surface area contributed by atoms with E-state index in [9.17, 15) is 18.0 Å². The molecule has 0 aliphatic heterocycles. The van der Waals surface area contributed by atoms with Gasteiger partial charge >= 0.3 is 12.1 Å². The Morgan fingerprint density at radius 2 is 1.68 bits per heavy atom. The summed E-state index contributed by atoms with van der Waals surface area (Å²) in [5.41, 5.74) is 7.12. The highest BCUT2D eigenvalue weighted by molar-refractivity contribution is 7.85. The molecule has 2 aromatic rings. The van der Waals surface area contributed by atoms with Crippen LogP contribution in [0.4, 0.5) is 4.79 Å². The van der Waals surface area contributed by atoms with Gasteiger partial charge in [0.15, 0.2) is 0 Å². The van der Waals surface area contributed by atoms with E-state index in [1.807, 2.05) is 42.5 Å². The number of nitrogens with two attached hydrogens (primary N) is 1. The summed E-state index contributed by atoms with van der Waals surface area (Å²) >= 11 is 0. The minimum Gasteiger partial charge on any atom is -0.445 e. The second-order valence-corrected chi connectivity index (χ2v) is 10.1. The highest BCUT2D eigenvalue weighted by Gasteiger charge is 2.28. The van der Waals surface area contributed by atoms with Crippen molar-refractivity contribution in [1.82, 2.24) is 5.32 Å². The van der Waals surface area contributed by atoms with E-state index in [2.05, 4.69) is 5.32 Å². The number of rotatable bonds is 8. The highest BCUT2D eigenvalue weighted by atomic mass is 32.2. The molecule has 0 atom stereocenters. The molecule has 0 saturated heterocycles. The second kappa shape index (κ2) is 14.8. The van der Waals surface area contributed by atoms with Crippen molar-refractivity contribution in [3.8, 4) is 5.75 Å². The number of benzene rings is 2. The lowest BCUT2D eigenvalue weighted by Gasteiger charge is -2.27. The third kappa shape index (κ3) is 13.3. The van der Waals surface area contributed by atoms with E-state index < -0.39 is 16.2 Å². The molecule has 10 nitrogen and oxygen atoms in total. The monoisotopic (exact) mass is 531 g/mol. The zero-order valence-corrected chi connectivity index (χ0v) is 21.4. The molecule has 0 heterocycles. The number of amides is 1. The van der Waals surface area contributed by atoms with E-state index in [0.29, 0.717) is 24.5 Å². The Bertz CT molecular complexity index is 1150. The zero-order valence-electron chi connectivity index (χ0n) is 20.6. The minimum atomic E-state index is -3.67. The number of alkyl carbamates (subject to hydrolysis) is 1. The van der Waals surface area contributed by atoms with Crippen LogP contribution >= 0.6 is 0 Å². The lowest BCUT2D eigenvalue weighted by atomic mass is 9.82. The summed E-state index contributed by atoms with van der Waals surface area (Å²) < 4.78 is 36.6. The predicted molar refractivity (Wildman–Crippen MR) is 141 cm³/mol. The summed E-state index contributed by atoms with van der Waals surface area (Å²) in [6, 6.07) is 16.6. The van der Waals surface area contributed by atoms with Crippen LogP contribution in [0.1, 0.15) is 36.8 Å². The molecule has 0 spiro atoms. The van der Waals surface area contributed by atoms with Crippen LogP contribution in [0.2, 0.25) is 0 Å². The molecule has 0 unspecified atom stereocenters. The van der Waals surface area contributed by atoms with Gasteiger partial charge in [-0.1, -0.05) is 48.5 Å². The Balaban J connectivity index is 0.000000877. The molecule has 200 valence electrons. The molecule has 0 aromatic heterocycles. The Morgan fingerprint density at radius 3 is 2.24 bits per heavy atom. The smallest absolute Gasteiger partial charge is 0.407 e. The van der Waals surface area contributed by atoms with Crippen LogP contribution in [0.3, 0.4) is 0 Å². The van der Waals surface area contributed by atoms with Crippen molar-refractivity contribution in [1.29, 1.82) is 5.41 Å². The van der Waals surface area contributed by atoms with Gasteiger partial charge in [-0.3, -0.25) is 14.8 Å². The van der Waals surface area contributed by atoms with Gasteiger partial charge in [-0.15, -0.1) is 0 Å². The summed E-state index contributed by atoms with van der Waals surface area (Å²) in [6.45, 7) is 0.796. The molecule has 0 bridgehead atoms. The van der Waals surface area contributed by atoms with E-state index in [0.717, 1.165) is 36.8 Å². The van der Waals surface area contributed by atoms with Crippen molar-refractivity contribution in [2.75, 3.05) is 12.8 Å². The first kappa shape index (κ1) is 29.5. The number of carbonyl (C=O) groups excluding carboxylic acids is 2. The Hall–Kier alpha value is -3.70. The molecular weight excluding hydrogens is 498 g/mol. The van der Waals surface area contributed by atoms with Gasteiger partial charge in [0.05, 0.1) is 12.2 Å². The van der Waals surface area contributed by atoms with Gasteiger partial charge in [-0.2, -0.15) is 8.42 Å². The van der Waals surface area contributed by atoms with E-state index in [1.54, 1.807) is 18.2 Å². The van der Waals surface area contributed by atoms with E-state index in [4.69, 9.17) is 25.2 Å². The van der Waals surface area contributed by atoms with Crippen molar-refractivity contribution in [3.63, 3.8) is 0 Å². The Kier molecular flexibility index (Phi) is 11.8. The molecule has 5 N–H and O–H groups in total.